The minimum atomic E-state index is -3.29. The van der Waals surface area contributed by atoms with Crippen molar-refractivity contribution in [3.63, 3.8) is 0 Å². The predicted molar refractivity (Wildman–Crippen MR) is 129 cm³/mol. The van der Waals surface area contributed by atoms with Crippen LogP contribution in [0.2, 0.25) is 0 Å². The number of benzene rings is 1. The minimum absolute atomic E-state index is 0.405. The van der Waals surface area contributed by atoms with Gasteiger partial charge in [-0.3, -0.25) is 0 Å². The molecule has 34 heavy (non-hydrogen) atoms. The fourth-order valence-corrected chi connectivity index (χ4v) is 5.17. The Hall–Kier alpha value is -0.923. The Morgan fingerprint density at radius 2 is 1.06 bits per heavy atom. The third kappa shape index (κ3) is 13.2. The molecule has 198 valence electrons. The van der Waals surface area contributed by atoms with E-state index < -0.39 is 40.5 Å². The molecule has 0 heterocycles. The van der Waals surface area contributed by atoms with Crippen molar-refractivity contribution in [2.45, 2.75) is 93.3 Å². The summed E-state index contributed by atoms with van der Waals surface area (Å²) in [4.78, 5) is 0. The zero-order valence-corrected chi connectivity index (χ0v) is 23.0. The maximum Gasteiger partial charge on any atom is 0.681 e. The van der Waals surface area contributed by atoms with E-state index in [1.54, 1.807) is 27.7 Å². The van der Waals surface area contributed by atoms with Gasteiger partial charge in [0.15, 0.2) is 31.5 Å². The molecule has 0 saturated carbocycles. The molecule has 0 N–H and O–H groups in total. The molecule has 1 aromatic rings. The van der Waals surface area contributed by atoms with Crippen molar-refractivity contribution in [1.82, 2.24) is 0 Å². The summed E-state index contributed by atoms with van der Waals surface area (Å²) in [7, 11) is -3.29. The van der Waals surface area contributed by atoms with Crippen molar-refractivity contribution in [1.29, 1.82) is 0 Å². The van der Waals surface area contributed by atoms with E-state index in [2.05, 4.69) is 12.1 Å². The quantitative estimate of drug-likeness (QED) is 0.187. The molecule has 5 atom stereocenters. The Labute approximate surface area is 206 Å². The minimum Gasteiger partial charge on any atom is -0.352 e. The second-order valence-corrected chi connectivity index (χ2v) is 9.51. The number of rotatable bonds is 20. The smallest absolute Gasteiger partial charge is 0.352 e. The monoisotopic (exact) mass is 504 g/mol. The van der Waals surface area contributed by atoms with E-state index in [4.69, 9.17) is 41.4 Å². The average Bonchev–Trinajstić information content (AvgIpc) is 2.74. The summed E-state index contributed by atoms with van der Waals surface area (Å²) in [5, 5.41) is 0. The van der Waals surface area contributed by atoms with Crippen molar-refractivity contribution in [3.05, 3.63) is 35.9 Å². The molecule has 0 aliphatic carbocycles. The number of ether oxygens (including phenoxy) is 5. The maximum atomic E-state index is 5.90. The summed E-state index contributed by atoms with van der Waals surface area (Å²) in [5.74, 6) is 0. The number of hydrogen-bond acceptors (Lipinski definition) is 9. The van der Waals surface area contributed by atoms with Crippen LogP contribution in [0.5, 0.6) is 0 Å². The van der Waals surface area contributed by atoms with Gasteiger partial charge in [-0.1, -0.05) is 30.3 Å². The molecule has 10 heteroatoms. The molecule has 0 radical (unpaired) electrons. The standard InChI is InChI=1S/C24H44O9Si/c1-9-26-34(27-10-2,28-11-3)33-23(8)32-22(7)31-21(6)30-20(5)29-19(4)25-18-17-24-15-13-12-14-16-24/h12-16,19-23H,9-11,17-18H2,1-8H3. The SMILES string of the molecule is CCO[Si](OCC)(OCC)OC(C)OC(C)OC(C)OC(C)OC(C)OCCc1ccccc1. The first-order chi connectivity index (χ1) is 16.2. The Morgan fingerprint density at radius 3 is 1.53 bits per heavy atom. The predicted octanol–water partition coefficient (Wildman–Crippen LogP) is 4.60. The van der Waals surface area contributed by atoms with Gasteiger partial charge in [0.2, 0.25) is 0 Å². The van der Waals surface area contributed by atoms with Gasteiger partial charge >= 0.3 is 9.05 Å². The first kappa shape index (κ1) is 31.1. The highest BCUT2D eigenvalue weighted by Crippen LogP contribution is 2.17. The Kier molecular flexibility index (Phi) is 16.0. The van der Waals surface area contributed by atoms with Crippen LogP contribution in [0.3, 0.4) is 0 Å². The second kappa shape index (κ2) is 17.5. The van der Waals surface area contributed by atoms with Crippen LogP contribution in [0, 0.1) is 0 Å². The lowest BCUT2D eigenvalue weighted by atomic mass is 10.2. The van der Waals surface area contributed by atoms with E-state index in [0.29, 0.717) is 26.4 Å². The molecule has 1 rings (SSSR count). The van der Waals surface area contributed by atoms with Crippen molar-refractivity contribution in [2.24, 2.45) is 0 Å². The first-order valence-corrected chi connectivity index (χ1v) is 13.7. The van der Waals surface area contributed by atoms with Crippen LogP contribution in [-0.4, -0.2) is 66.9 Å². The third-order valence-electron chi connectivity index (χ3n) is 4.39. The molecule has 0 aliphatic heterocycles. The van der Waals surface area contributed by atoms with E-state index in [-0.39, 0.29) is 0 Å². The van der Waals surface area contributed by atoms with Crippen LogP contribution in [0.4, 0.5) is 0 Å². The van der Waals surface area contributed by atoms with Crippen LogP contribution in [0.1, 0.15) is 61.0 Å². The highest BCUT2D eigenvalue weighted by atomic mass is 28.4. The van der Waals surface area contributed by atoms with Crippen LogP contribution < -0.4 is 0 Å². The average molecular weight is 505 g/mol. The highest BCUT2D eigenvalue weighted by Gasteiger charge is 2.47. The molecule has 0 aromatic heterocycles. The Bertz CT molecular complexity index is 605. The molecule has 9 nitrogen and oxygen atoms in total. The van der Waals surface area contributed by atoms with Crippen LogP contribution in [0.25, 0.3) is 0 Å². The van der Waals surface area contributed by atoms with Gasteiger partial charge in [0, 0.05) is 19.8 Å². The summed E-state index contributed by atoms with van der Waals surface area (Å²) in [6.07, 6.45) is -2.00. The lowest BCUT2D eigenvalue weighted by molar-refractivity contribution is -0.319. The summed E-state index contributed by atoms with van der Waals surface area (Å²) < 4.78 is 51.7. The molecule has 1 aromatic carbocycles. The lowest BCUT2D eigenvalue weighted by Gasteiger charge is -2.31. The third-order valence-corrected chi connectivity index (χ3v) is 6.94. The fourth-order valence-electron chi connectivity index (χ4n) is 3.19. The van der Waals surface area contributed by atoms with E-state index in [0.717, 1.165) is 6.42 Å². The molecular weight excluding hydrogens is 460 g/mol. The Morgan fingerprint density at radius 1 is 0.618 bits per heavy atom. The summed E-state index contributed by atoms with van der Waals surface area (Å²) in [6, 6.07) is 10.2. The van der Waals surface area contributed by atoms with Gasteiger partial charge in [0.1, 0.15) is 0 Å². The van der Waals surface area contributed by atoms with Gasteiger partial charge in [-0.25, -0.2) is 0 Å². The zero-order valence-electron chi connectivity index (χ0n) is 22.0. The molecule has 0 saturated heterocycles. The van der Waals surface area contributed by atoms with E-state index in [1.807, 2.05) is 45.9 Å². The largest absolute Gasteiger partial charge is 0.681 e. The van der Waals surface area contributed by atoms with Gasteiger partial charge in [-0.15, -0.1) is 0 Å². The van der Waals surface area contributed by atoms with E-state index >= 15 is 0 Å². The van der Waals surface area contributed by atoms with E-state index in [1.165, 1.54) is 5.56 Å². The zero-order chi connectivity index (χ0) is 25.4. The molecular formula is C24H44O9Si. The highest BCUT2D eigenvalue weighted by molar-refractivity contribution is 6.53. The van der Waals surface area contributed by atoms with Crippen molar-refractivity contribution in [3.8, 4) is 0 Å². The van der Waals surface area contributed by atoms with Crippen molar-refractivity contribution in [2.75, 3.05) is 26.4 Å². The van der Waals surface area contributed by atoms with Crippen LogP contribution in [0.15, 0.2) is 30.3 Å². The van der Waals surface area contributed by atoms with Gasteiger partial charge in [-0.2, -0.15) is 0 Å². The topological polar surface area (TPSA) is 83.1 Å². The van der Waals surface area contributed by atoms with Gasteiger partial charge in [-0.05, 0) is 67.4 Å². The van der Waals surface area contributed by atoms with Gasteiger partial charge in [0.05, 0.1) is 6.61 Å². The molecule has 0 bridgehead atoms. The van der Waals surface area contributed by atoms with Crippen LogP contribution >= 0.6 is 0 Å². The molecule has 5 unspecified atom stereocenters. The maximum absolute atomic E-state index is 5.90. The Balaban J connectivity index is 2.35. The fraction of sp³-hybridized carbons (Fsp3) is 0.750. The number of hydrogen-bond donors (Lipinski definition) is 0. The van der Waals surface area contributed by atoms with E-state index in [9.17, 15) is 0 Å². The molecule has 0 aliphatic rings. The molecule has 0 amide bonds. The second-order valence-electron chi connectivity index (χ2n) is 7.41. The van der Waals surface area contributed by atoms with Crippen LogP contribution in [-0.2, 0) is 47.8 Å². The summed E-state index contributed by atoms with van der Waals surface area (Å²) in [6.45, 7) is 16.2. The molecule has 0 spiro atoms. The van der Waals surface area contributed by atoms with Crippen molar-refractivity contribution < 1.29 is 41.4 Å². The summed E-state index contributed by atoms with van der Waals surface area (Å²) >= 11 is 0. The normalized spacial score (nSPS) is 16.7. The van der Waals surface area contributed by atoms with Gasteiger partial charge in [0.25, 0.3) is 0 Å². The first-order valence-electron chi connectivity index (χ1n) is 12.1. The van der Waals surface area contributed by atoms with Crippen molar-refractivity contribution >= 4 is 9.05 Å². The van der Waals surface area contributed by atoms with Gasteiger partial charge < -0.3 is 41.4 Å². The molecule has 0 fully saturated rings. The summed E-state index contributed by atoms with van der Waals surface area (Å²) in [5.41, 5.74) is 1.22. The lowest BCUT2D eigenvalue weighted by Crippen LogP contribution is -2.52.